The molecule has 0 radical (unpaired) electrons. The summed E-state index contributed by atoms with van der Waals surface area (Å²) in [6.07, 6.45) is -5.59. The Morgan fingerprint density at radius 2 is 1.90 bits per heavy atom. The first-order valence-electron chi connectivity index (χ1n) is 5.93. The lowest BCUT2D eigenvalue weighted by Gasteiger charge is -2.41. The molecule has 10 nitrogen and oxygen atoms in total. The third-order valence-corrected chi connectivity index (χ3v) is 3.04. The number of nitrogens with one attached hydrogen (secondary N) is 1. The minimum atomic E-state index is -1.42. The largest absolute Gasteiger partial charge is 0.480 e. The Kier molecular flexibility index (Phi) is 5.80. The number of aliphatic carboxylic acids is 1. The normalized spacial score (nSPS) is 35.5. The molecule has 0 aliphatic carbocycles. The van der Waals surface area contributed by atoms with E-state index in [4.69, 9.17) is 26.4 Å². The van der Waals surface area contributed by atoms with Crippen LogP contribution in [0.15, 0.2) is 0 Å². The molecular formula is C10H19N3O7. The summed E-state index contributed by atoms with van der Waals surface area (Å²) in [6.45, 7) is -0.587. The molecule has 1 aliphatic heterocycles. The number of ether oxygens (including phenoxy) is 1. The van der Waals surface area contributed by atoms with Gasteiger partial charge >= 0.3 is 5.97 Å². The first-order valence-corrected chi connectivity index (χ1v) is 5.93. The van der Waals surface area contributed by atoms with Gasteiger partial charge in [-0.2, -0.15) is 0 Å². The van der Waals surface area contributed by atoms with E-state index in [0.29, 0.717) is 0 Å². The molecule has 0 aromatic heterocycles. The van der Waals surface area contributed by atoms with Crippen LogP contribution < -0.4 is 16.8 Å². The standard InChI is InChI=1S/C10H19N3O7/c11-5(15)1-3(10(18)19)13-9-6(12)8(17)7(16)4(2-14)20-9/h3-4,6-9,13-14,16-17H,1-2,12H2,(H2,11,15)(H,18,19)/t3-,4+,6+,7+,8+,9+/m0/s1. The molecule has 10 heteroatoms. The smallest absolute Gasteiger partial charge is 0.321 e. The van der Waals surface area contributed by atoms with E-state index < -0.39 is 61.5 Å². The number of carboxylic acid groups (broad SMARTS) is 1. The van der Waals surface area contributed by atoms with Crippen molar-refractivity contribution >= 4 is 11.9 Å². The van der Waals surface area contributed by atoms with Crippen molar-refractivity contribution in [3.8, 4) is 0 Å². The van der Waals surface area contributed by atoms with Gasteiger partial charge in [-0.25, -0.2) is 0 Å². The van der Waals surface area contributed by atoms with E-state index in [9.17, 15) is 19.8 Å². The van der Waals surface area contributed by atoms with Crippen LogP contribution in [0.2, 0.25) is 0 Å². The third kappa shape index (κ3) is 3.85. The molecule has 0 saturated carbocycles. The second-order valence-corrected chi connectivity index (χ2v) is 4.56. The summed E-state index contributed by atoms with van der Waals surface area (Å²) < 4.78 is 5.18. The number of amides is 1. The number of aliphatic hydroxyl groups excluding tert-OH is 3. The van der Waals surface area contributed by atoms with Crippen molar-refractivity contribution < 1.29 is 34.8 Å². The van der Waals surface area contributed by atoms with Gasteiger partial charge in [-0.05, 0) is 0 Å². The fraction of sp³-hybridized carbons (Fsp3) is 0.800. The number of hydrogen-bond donors (Lipinski definition) is 7. The van der Waals surface area contributed by atoms with Gasteiger partial charge < -0.3 is 36.6 Å². The molecule has 9 N–H and O–H groups in total. The fourth-order valence-corrected chi connectivity index (χ4v) is 1.90. The summed E-state index contributed by atoms with van der Waals surface area (Å²) in [4.78, 5) is 21.8. The zero-order valence-electron chi connectivity index (χ0n) is 10.5. The van der Waals surface area contributed by atoms with Gasteiger partial charge in [0.05, 0.1) is 19.1 Å². The second kappa shape index (κ2) is 6.92. The third-order valence-electron chi connectivity index (χ3n) is 3.04. The molecule has 1 saturated heterocycles. The van der Waals surface area contributed by atoms with Crippen LogP contribution in [0.4, 0.5) is 0 Å². The highest BCUT2D eigenvalue weighted by molar-refractivity contribution is 5.83. The molecule has 1 rings (SSSR count). The summed E-state index contributed by atoms with van der Waals surface area (Å²) in [7, 11) is 0. The summed E-state index contributed by atoms with van der Waals surface area (Å²) in [6, 6.07) is -2.49. The van der Waals surface area contributed by atoms with Crippen molar-refractivity contribution in [1.82, 2.24) is 5.32 Å². The van der Waals surface area contributed by atoms with E-state index in [1.807, 2.05) is 0 Å². The van der Waals surface area contributed by atoms with Crippen LogP contribution in [0.1, 0.15) is 6.42 Å². The number of carbonyl (C=O) groups excluding carboxylic acids is 1. The van der Waals surface area contributed by atoms with Crippen LogP contribution in [0, 0.1) is 0 Å². The Balaban J connectivity index is 2.77. The van der Waals surface area contributed by atoms with E-state index in [2.05, 4.69) is 5.32 Å². The number of rotatable bonds is 6. The van der Waals surface area contributed by atoms with Crippen molar-refractivity contribution in [2.75, 3.05) is 6.61 Å². The van der Waals surface area contributed by atoms with Crippen LogP contribution >= 0.6 is 0 Å². The molecule has 1 aliphatic rings. The maximum absolute atomic E-state index is 11.0. The predicted molar refractivity (Wildman–Crippen MR) is 64.1 cm³/mol. The first-order chi connectivity index (χ1) is 9.27. The molecule has 1 fully saturated rings. The summed E-state index contributed by atoms with van der Waals surface area (Å²) >= 11 is 0. The number of nitrogens with two attached hydrogens (primary N) is 2. The average Bonchev–Trinajstić information content (AvgIpc) is 2.37. The fourth-order valence-electron chi connectivity index (χ4n) is 1.90. The zero-order valence-corrected chi connectivity index (χ0v) is 10.5. The van der Waals surface area contributed by atoms with Gasteiger partial charge in [-0.3, -0.25) is 14.9 Å². The van der Waals surface area contributed by atoms with E-state index >= 15 is 0 Å². The minimum Gasteiger partial charge on any atom is -0.480 e. The monoisotopic (exact) mass is 293 g/mol. The maximum Gasteiger partial charge on any atom is 0.321 e. The van der Waals surface area contributed by atoms with Gasteiger partial charge in [0.25, 0.3) is 0 Å². The molecule has 0 bridgehead atoms. The lowest BCUT2D eigenvalue weighted by Crippen LogP contribution is -2.67. The highest BCUT2D eigenvalue weighted by Gasteiger charge is 2.43. The van der Waals surface area contributed by atoms with E-state index in [1.54, 1.807) is 0 Å². The Morgan fingerprint density at radius 1 is 1.30 bits per heavy atom. The van der Waals surface area contributed by atoms with Crippen LogP contribution in [0.5, 0.6) is 0 Å². The number of hydrogen-bond acceptors (Lipinski definition) is 8. The predicted octanol–water partition coefficient (Wildman–Crippen LogP) is -4.33. The van der Waals surface area contributed by atoms with Crippen LogP contribution in [0.25, 0.3) is 0 Å². The van der Waals surface area contributed by atoms with Gasteiger partial charge in [-0.1, -0.05) is 0 Å². The van der Waals surface area contributed by atoms with Crippen LogP contribution in [-0.2, 0) is 14.3 Å². The van der Waals surface area contributed by atoms with Crippen molar-refractivity contribution in [2.45, 2.75) is 43.0 Å². The Morgan fingerprint density at radius 3 is 2.35 bits per heavy atom. The Labute approximate surface area is 114 Å². The second-order valence-electron chi connectivity index (χ2n) is 4.56. The molecule has 0 aromatic carbocycles. The number of carboxylic acids is 1. The number of primary amides is 1. The molecule has 1 heterocycles. The highest BCUT2D eigenvalue weighted by atomic mass is 16.5. The lowest BCUT2D eigenvalue weighted by molar-refractivity contribution is -0.199. The molecule has 0 spiro atoms. The van der Waals surface area contributed by atoms with Crippen molar-refractivity contribution in [3.05, 3.63) is 0 Å². The van der Waals surface area contributed by atoms with Gasteiger partial charge in [0.2, 0.25) is 5.91 Å². The van der Waals surface area contributed by atoms with Crippen LogP contribution in [-0.4, -0.2) is 75.5 Å². The lowest BCUT2D eigenvalue weighted by atomic mass is 9.96. The molecule has 116 valence electrons. The van der Waals surface area contributed by atoms with Gasteiger partial charge in [0, 0.05) is 0 Å². The quantitative estimate of drug-likeness (QED) is 0.254. The first kappa shape index (κ1) is 16.8. The van der Waals surface area contributed by atoms with Crippen molar-refractivity contribution in [2.24, 2.45) is 11.5 Å². The van der Waals surface area contributed by atoms with Gasteiger partial charge in [0.1, 0.15) is 30.6 Å². The molecule has 20 heavy (non-hydrogen) atoms. The zero-order chi connectivity index (χ0) is 15.4. The number of carbonyl (C=O) groups is 2. The van der Waals surface area contributed by atoms with E-state index in [1.165, 1.54) is 0 Å². The highest BCUT2D eigenvalue weighted by Crippen LogP contribution is 2.19. The maximum atomic E-state index is 11.0. The summed E-state index contributed by atoms with van der Waals surface area (Å²) in [5.41, 5.74) is 10.6. The number of aliphatic hydroxyl groups is 3. The molecule has 0 unspecified atom stereocenters. The van der Waals surface area contributed by atoms with Crippen molar-refractivity contribution in [1.29, 1.82) is 0 Å². The Hall–Kier alpha value is -1.30. The molecular weight excluding hydrogens is 274 g/mol. The molecule has 1 amide bonds. The average molecular weight is 293 g/mol. The molecule has 0 aromatic rings. The summed E-state index contributed by atoms with van der Waals surface area (Å²) in [5, 5.41) is 39.7. The molecule has 6 atom stereocenters. The van der Waals surface area contributed by atoms with Crippen LogP contribution in [0.3, 0.4) is 0 Å². The van der Waals surface area contributed by atoms with Crippen molar-refractivity contribution in [3.63, 3.8) is 0 Å². The van der Waals surface area contributed by atoms with Gasteiger partial charge in [-0.15, -0.1) is 0 Å². The van der Waals surface area contributed by atoms with E-state index in [0.717, 1.165) is 0 Å². The topological polar surface area (TPSA) is 188 Å². The Bertz CT molecular complexity index is 365. The minimum absolute atomic E-state index is 0.496. The summed E-state index contributed by atoms with van der Waals surface area (Å²) in [5.74, 6) is -2.19. The van der Waals surface area contributed by atoms with Gasteiger partial charge in [0.15, 0.2) is 0 Å². The SMILES string of the molecule is NC(=O)C[C@H](N[C@@H]1O[C@H](CO)[C@@H](O)[C@H](O)[C@H]1N)C(=O)O. The van der Waals surface area contributed by atoms with E-state index in [-0.39, 0.29) is 0 Å².